The molecule has 0 atom stereocenters. The molecule has 4 rings (SSSR count). The van der Waals surface area contributed by atoms with Crippen molar-refractivity contribution in [1.82, 2.24) is 4.90 Å². The van der Waals surface area contributed by atoms with Crippen molar-refractivity contribution in [3.63, 3.8) is 0 Å². The molecule has 0 bridgehead atoms. The molecular formula is C22H17N3O. The van der Waals surface area contributed by atoms with Gasteiger partial charge in [-0.3, -0.25) is 4.79 Å². The first kappa shape index (κ1) is 16.0. The lowest BCUT2D eigenvalue weighted by Gasteiger charge is -2.20. The van der Waals surface area contributed by atoms with Crippen molar-refractivity contribution >= 4 is 23.7 Å². The van der Waals surface area contributed by atoms with Crippen LogP contribution in [0.3, 0.4) is 0 Å². The van der Waals surface area contributed by atoms with Gasteiger partial charge in [-0.25, -0.2) is 4.99 Å². The van der Waals surface area contributed by atoms with E-state index in [1.54, 1.807) is 6.08 Å². The Morgan fingerprint density at radius 3 is 2.73 bits per heavy atom. The van der Waals surface area contributed by atoms with E-state index in [-0.39, 0.29) is 5.91 Å². The number of amides is 1. The maximum Gasteiger partial charge on any atom is 0.271 e. The summed E-state index contributed by atoms with van der Waals surface area (Å²) < 4.78 is 0. The molecule has 4 heteroatoms. The number of hydrogen-bond acceptors (Lipinski definition) is 2. The van der Waals surface area contributed by atoms with Gasteiger partial charge in [0.15, 0.2) is 5.84 Å². The zero-order chi connectivity index (χ0) is 17.8. The fraction of sp³-hybridized carbons (Fsp3) is 0.0455. The lowest BCUT2D eigenvalue weighted by Crippen LogP contribution is -2.24. The Balaban J connectivity index is 1.70. The predicted molar refractivity (Wildman–Crippen MR) is 105 cm³/mol. The molecular weight excluding hydrogens is 322 g/mol. The number of nitrogens with zero attached hydrogens (tertiary/aromatic N) is 3. The van der Waals surface area contributed by atoms with Crippen LogP contribution in [-0.2, 0) is 11.3 Å². The third-order valence-electron chi connectivity index (χ3n) is 4.17. The first-order valence-corrected chi connectivity index (χ1v) is 8.44. The molecule has 2 aliphatic rings. The van der Waals surface area contributed by atoms with E-state index in [2.05, 4.69) is 9.98 Å². The van der Waals surface area contributed by atoms with Crippen LogP contribution in [0, 0.1) is 0 Å². The lowest BCUT2D eigenvalue weighted by molar-refractivity contribution is -0.113. The highest BCUT2D eigenvalue weighted by molar-refractivity contribution is 6.15. The predicted octanol–water partition coefficient (Wildman–Crippen LogP) is 3.97. The zero-order valence-corrected chi connectivity index (χ0v) is 14.1. The summed E-state index contributed by atoms with van der Waals surface area (Å²) in [6.45, 7) is 0.697. The zero-order valence-electron chi connectivity index (χ0n) is 14.1. The number of allylic oxidation sites excluding steroid dienone is 2. The van der Waals surface area contributed by atoms with E-state index in [9.17, 15) is 4.79 Å². The molecule has 2 aromatic carbocycles. The van der Waals surface area contributed by atoms with Gasteiger partial charge < -0.3 is 4.90 Å². The molecule has 0 radical (unpaired) electrons. The second kappa shape index (κ2) is 7.15. The second-order valence-electron chi connectivity index (χ2n) is 5.97. The van der Waals surface area contributed by atoms with E-state index in [0.29, 0.717) is 12.4 Å². The SMILES string of the molecule is O=C(C=Cc1ccccc1)N=C1N=C2C=CC=CN2Cc2ccccc21. The molecule has 0 saturated carbocycles. The van der Waals surface area contributed by atoms with Crippen molar-refractivity contribution in [3.8, 4) is 0 Å². The van der Waals surface area contributed by atoms with Gasteiger partial charge in [-0.1, -0.05) is 60.7 Å². The minimum Gasteiger partial charge on any atom is -0.329 e. The summed E-state index contributed by atoms with van der Waals surface area (Å²) in [6.07, 6.45) is 11.0. The average molecular weight is 339 g/mol. The normalized spacial score (nSPS) is 17.0. The first-order chi connectivity index (χ1) is 12.8. The van der Waals surface area contributed by atoms with Gasteiger partial charge >= 0.3 is 0 Å². The molecule has 0 saturated heterocycles. The molecule has 4 nitrogen and oxygen atoms in total. The monoisotopic (exact) mass is 339 g/mol. The number of benzene rings is 2. The topological polar surface area (TPSA) is 45.0 Å². The molecule has 0 N–H and O–H groups in total. The van der Waals surface area contributed by atoms with Crippen LogP contribution < -0.4 is 0 Å². The van der Waals surface area contributed by atoms with Crippen molar-refractivity contribution in [1.29, 1.82) is 0 Å². The molecule has 0 unspecified atom stereocenters. The molecule has 0 spiro atoms. The Kier molecular flexibility index (Phi) is 4.39. The van der Waals surface area contributed by atoms with Gasteiger partial charge in [0.25, 0.3) is 5.91 Å². The highest BCUT2D eigenvalue weighted by Crippen LogP contribution is 2.20. The number of aliphatic imine (C=N–C) groups is 2. The van der Waals surface area contributed by atoms with Gasteiger partial charge in [0.05, 0.1) is 0 Å². The van der Waals surface area contributed by atoms with Crippen LogP contribution in [0.5, 0.6) is 0 Å². The molecule has 126 valence electrons. The van der Waals surface area contributed by atoms with Crippen molar-refractivity contribution < 1.29 is 4.79 Å². The quantitative estimate of drug-likeness (QED) is 0.777. The third-order valence-corrected chi connectivity index (χ3v) is 4.17. The van der Waals surface area contributed by atoms with Crippen LogP contribution in [0.1, 0.15) is 16.7 Å². The van der Waals surface area contributed by atoms with E-state index in [0.717, 1.165) is 22.5 Å². The molecule has 1 amide bonds. The number of carbonyl (C=O) groups excluding carboxylic acids is 1. The van der Waals surface area contributed by atoms with Crippen molar-refractivity contribution in [2.24, 2.45) is 9.98 Å². The summed E-state index contributed by atoms with van der Waals surface area (Å²) in [4.78, 5) is 23.3. The minimum atomic E-state index is -0.327. The van der Waals surface area contributed by atoms with Crippen LogP contribution in [-0.4, -0.2) is 22.5 Å². The average Bonchev–Trinajstić information content (AvgIpc) is 2.84. The molecule has 0 aromatic heterocycles. The van der Waals surface area contributed by atoms with Gasteiger partial charge in [-0.05, 0) is 29.4 Å². The van der Waals surface area contributed by atoms with Crippen LogP contribution in [0.4, 0.5) is 0 Å². The number of carbonyl (C=O) groups is 1. The maximum absolute atomic E-state index is 12.4. The summed E-state index contributed by atoms with van der Waals surface area (Å²) in [6, 6.07) is 17.6. The Morgan fingerprint density at radius 1 is 1.04 bits per heavy atom. The summed E-state index contributed by atoms with van der Waals surface area (Å²) in [7, 11) is 0. The Hall–Kier alpha value is -3.53. The summed E-state index contributed by atoms with van der Waals surface area (Å²) in [5.41, 5.74) is 2.93. The number of fused-ring (bicyclic) bond motifs is 2. The van der Waals surface area contributed by atoms with Crippen LogP contribution in [0.25, 0.3) is 6.08 Å². The molecule has 2 aromatic rings. The highest BCUT2D eigenvalue weighted by Gasteiger charge is 2.20. The molecule has 0 aliphatic carbocycles. The van der Waals surface area contributed by atoms with E-state index in [1.807, 2.05) is 83.9 Å². The smallest absolute Gasteiger partial charge is 0.271 e. The third kappa shape index (κ3) is 3.44. The number of rotatable bonds is 2. The number of amidine groups is 2. The first-order valence-electron chi connectivity index (χ1n) is 8.44. The number of hydrogen-bond donors (Lipinski definition) is 0. The summed E-state index contributed by atoms with van der Waals surface area (Å²) in [5.74, 6) is 0.898. The lowest BCUT2D eigenvalue weighted by atomic mass is 10.1. The minimum absolute atomic E-state index is 0.327. The fourth-order valence-electron chi connectivity index (χ4n) is 2.89. The van der Waals surface area contributed by atoms with Gasteiger partial charge in [0, 0.05) is 24.4 Å². The molecule has 0 fully saturated rings. The van der Waals surface area contributed by atoms with Gasteiger partial charge in [0.1, 0.15) is 5.84 Å². The van der Waals surface area contributed by atoms with E-state index in [4.69, 9.17) is 0 Å². The second-order valence-corrected chi connectivity index (χ2v) is 5.97. The van der Waals surface area contributed by atoms with Gasteiger partial charge in [0.2, 0.25) is 0 Å². The largest absolute Gasteiger partial charge is 0.329 e. The van der Waals surface area contributed by atoms with Crippen LogP contribution in [0.15, 0.2) is 95.1 Å². The van der Waals surface area contributed by atoms with Gasteiger partial charge in [-0.2, -0.15) is 4.99 Å². The van der Waals surface area contributed by atoms with E-state index >= 15 is 0 Å². The van der Waals surface area contributed by atoms with Crippen molar-refractivity contribution in [3.05, 3.63) is 102 Å². The maximum atomic E-state index is 12.4. The van der Waals surface area contributed by atoms with Crippen LogP contribution >= 0.6 is 0 Å². The van der Waals surface area contributed by atoms with Crippen molar-refractivity contribution in [2.45, 2.75) is 6.54 Å². The Morgan fingerprint density at radius 2 is 1.85 bits per heavy atom. The highest BCUT2D eigenvalue weighted by atomic mass is 16.1. The summed E-state index contributed by atoms with van der Waals surface area (Å²) in [5, 5.41) is 0. The summed E-state index contributed by atoms with van der Waals surface area (Å²) >= 11 is 0. The van der Waals surface area contributed by atoms with Crippen LogP contribution in [0.2, 0.25) is 0 Å². The fourth-order valence-corrected chi connectivity index (χ4v) is 2.89. The standard InChI is InChI=1S/C22H17N3O/c26-21(14-13-17-8-2-1-3-9-17)24-22-19-11-5-4-10-18(19)16-25-15-7-6-12-20(25)23-22/h1-15H,16H2. The Labute approximate surface area is 152 Å². The molecule has 2 heterocycles. The Bertz CT molecular complexity index is 981. The molecule has 26 heavy (non-hydrogen) atoms. The molecule has 2 aliphatic heterocycles. The van der Waals surface area contributed by atoms with E-state index < -0.39 is 0 Å². The van der Waals surface area contributed by atoms with E-state index in [1.165, 1.54) is 6.08 Å². The van der Waals surface area contributed by atoms with Crippen molar-refractivity contribution in [2.75, 3.05) is 0 Å². The van der Waals surface area contributed by atoms with Gasteiger partial charge in [-0.15, -0.1) is 0 Å².